The van der Waals surface area contributed by atoms with Crippen molar-refractivity contribution in [3.63, 3.8) is 0 Å². The number of hydrogen-bond donors (Lipinski definition) is 0. The highest BCUT2D eigenvalue weighted by molar-refractivity contribution is 6.00. The second kappa shape index (κ2) is 7.44. The van der Waals surface area contributed by atoms with Crippen LogP contribution in [-0.2, 0) is 6.54 Å². The molecule has 29 heavy (non-hydrogen) atoms. The maximum atomic E-state index is 12.7. The number of likely N-dealkylation sites (tertiary alicyclic amines) is 1. The molecule has 4 heterocycles. The predicted octanol–water partition coefficient (Wildman–Crippen LogP) is 4.13. The Morgan fingerprint density at radius 3 is 2.83 bits per heavy atom. The fraction of sp³-hybridized carbons (Fsp3) is 0.348. The fourth-order valence-electron chi connectivity index (χ4n) is 4.35. The summed E-state index contributed by atoms with van der Waals surface area (Å²) < 4.78 is 11.9. The van der Waals surface area contributed by atoms with E-state index < -0.39 is 0 Å². The van der Waals surface area contributed by atoms with Gasteiger partial charge in [-0.15, -0.1) is 0 Å². The first-order valence-electron chi connectivity index (χ1n) is 10.1. The molecule has 1 atom stereocenters. The molecule has 0 amide bonds. The van der Waals surface area contributed by atoms with E-state index in [1.807, 2.05) is 48.5 Å². The second-order valence-corrected chi connectivity index (χ2v) is 7.90. The van der Waals surface area contributed by atoms with Gasteiger partial charge in [0.05, 0.1) is 24.2 Å². The molecule has 3 aromatic rings. The summed E-state index contributed by atoms with van der Waals surface area (Å²) in [6, 6.07) is 15.3. The first-order valence-corrected chi connectivity index (χ1v) is 10.1. The summed E-state index contributed by atoms with van der Waals surface area (Å²) in [7, 11) is 0. The van der Waals surface area contributed by atoms with E-state index in [0.29, 0.717) is 18.5 Å². The number of ether oxygens (including phenoxy) is 1. The molecule has 1 aromatic carbocycles. The zero-order valence-electron chi connectivity index (χ0n) is 16.2. The molecule has 1 spiro atoms. The van der Waals surface area contributed by atoms with E-state index in [-0.39, 0.29) is 11.4 Å². The maximum Gasteiger partial charge on any atom is 0.170 e. The topological polar surface area (TPSA) is 68.5 Å². The number of pyridine rings is 1. The zero-order chi connectivity index (χ0) is 19.7. The molecule has 5 rings (SSSR count). The predicted molar refractivity (Wildman–Crippen MR) is 108 cm³/mol. The number of ketones is 1. The lowest BCUT2D eigenvalue weighted by Gasteiger charge is -2.37. The van der Waals surface area contributed by atoms with Crippen LogP contribution in [0.2, 0.25) is 0 Å². The Morgan fingerprint density at radius 2 is 1.93 bits per heavy atom. The highest BCUT2D eigenvalue weighted by Crippen LogP contribution is 2.39. The van der Waals surface area contributed by atoms with Gasteiger partial charge >= 0.3 is 0 Å². The molecule has 1 unspecified atom stereocenters. The average molecular weight is 389 g/mol. The number of hydrogen-bond acceptors (Lipinski definition) is 6. The standard InChI is InChI=1S/C23H23N3O3/c27-21-15-23(28-22-8-2-1-6-18(21)22)9-5-12-26(13-10-23)16-17-14-20(25-29-17)19-7-3-4-11-24-19/h1-4,6-8,11,14H,5,9-10,12-13,15-16H2. The van der Waals surface area contributed by atoms with E-state index in [2.05, 4.69) is 15.0 Å². The Balaban J connectivity index is 1.27. The third-order valence-electron chi connectivity index (χ3n) is 5.85. The van der Waals surface area contributed by atoms with Gasteiger partial charge in [-0.1, -0.05) is 23.4 Å². The minimum Gasteiger partial charge on any atom is -0.486 e. The van der Waals surface area contributed by atoms with Crippen molar-refractivity contribution in [3.05, 3.63) is 66.1 Å². The lowest BCUT2D eigenvalue weighted by atomic mass is 9.84. The molecule has 2 aliphatic heterocycles. The molecule has 6 nitrogen and oxygen atoms in total. The minimum absolute atomic E-state index is 0.190. The van der Waals surface area contributed by atoms with Gasteiger partial charge in [0.1, 0.15) is 17.0 Å². The number of aromatic nitrogens is 2. The smallest absolute Gasteiger partial charge is 0.170 e. The van der Waals surface area contributed by atoms with Crippen LogP contribution in [0.1, 0.15) is 41.8 Å². The van der Waals surface area contributed by atoms with Crippen molar-refractivity contribution < 1.29 is 14.1 Å². The Bertz CT molecular complexity index is 1020. The van der Waals surface area contributed by atoms with Crippen molar-refractivity contribution in [1.29, 1.82) is 0 Å². The van der Waals surface area contributed by atoms with Crippen LogP contribution in [0, 0.1) is 0 Å². The zero-order valence-corrected chi connectivity index (χ0v) is 16.2. The lowest BCUT2D eigenvalue weighted by Crippen LogP contribution is -2.42. The van der Waals surface area contributed by atoms with Gasteiger partial charge in [0, 0.05) is 25.2 Å². The molecule has 6 heteroatoms. The summed E-state index contributed by atoms with van der Waals surface area (Å²) >= 11 is 0. The minimum atomic E-state index is -0.388. The van der Waals surface area contributed by atoms with Gasteiger partial charge in [0.2, 0.25) is 0 Å². The average Bonchev–Trinajstić information content (AvgIpc) is 3.13. The molecule has 0 saturated carbocycles. The second-order valence-electron chi connectivity index (χ2n) is 7.90. The Hall–Kier alpha value is -2.99. The SMILES string of the molecule is O=C1CC2(CCCN(Cc3cc(-c4ccccn4)no3)CC2)Oc2ccccc21. The van der Waals surface area contributed by atoms with Crippen LogP contribution >= 0.6 is 0 Å². The highest BCUT2D eigenvalue weighted by Gasteiger charge is 2.41. The molecule has 2 aromatic heterocycles. The van der Waals surface area contributed by atoms with Crippen molar-refractivity contribution in [1.82, 2.24) is 15.0 Å². The van der Waals surface area contributed by atoms with Crippen molar-refractivity contribution in [3.8, 4) is 17.1 Å². The number of fused-ring (bicyclic) bond motifs is 1. The summed E-state index contributed by atoms with van der Waals surface area (Å²) in [6.07, 6.45) is 4.91. The van der Waals surface area contributed by atoms with Gasteiger partial charge < -0.3 is 9.26 Å². The summed E-state index contributed by atoms with van der Waals surface area (Å²) in [5, 5.41) is 4.16. The van der Waals surface area contributed by atoms with Crippen molar-refractivity contribution in [2.24, 2.45) is 0 Å². The normalized spacial score (nSPS) is 22.1. The quantitative estimate of drug-likeness (QED) is 0.671. The van der Waals surface area contributed by atoms with Crippen LogP contribution in [0.3, 0.4) is 0 Å². The Kier molecular flexibility index (Phi) is 4.64. The van der Waals surface area contributed by atoms with Gasteiger partial charge in [-0.2, -0.15) is 0 Å². The number of nitrogens with zero attached hydrogens (tertiary/aromatic N) is 3. The van der Waals surface area contributed by atoms with E-state index >= 15 is 0 Å². The number of para-hydroxylation sites is 1. The summed E-state index contributed by atoms with van der Waals surface area (Å²) in [5.74, 6) is 1.75. The molecule has 1 fully saturated rings. The number of carbonyl (C=O) groups is 1. The van der Waals surface area contributed by atoms with E-state index in [9.17, 15) is 4.79 Å². The molecule has 148 valence electrons. The van der Waals surface area contributed by atoms with Gasteiger partial charge in [-0.05, 0) is 43.7 Å². The molecule has 0 N–H and O–H groups in total. The summed E-state index contributed by atoms with van der Waals surface area (Å²) in [4.78, 5) is 19.3. The molecular weight excluding hydrogens is 366 g/mol. The molecular formula is C23H23N3O3. The Morgan fingerprint density at radius 1 is 1.03 bits per heavy atom. The number of benzene rings is 1. The Labute approximate surface area is 169 Å². The van der Waals surface area contributed by atoms with Gasteiger partial charge in [0.25, 0.3) is 0 Å². The van der Waals surface area contributed by atoms with Crippen molar-refractivity contribution >= 4 is 5.78 Å². The lowest BCUT2D eigenvalue weighted by molar-refractivity contribution is 0.0297. The first-order chi connectivity index (χ1) is 14.2. The van der Waals surface area contributed by atoms with Crippen LogP contribution < -0.4 is 4.74 Å². The largest absolute Gasteiger partial charge is 0.486 e. The summed E-state index contributed by atoms with van der Waals surface area (Å²) in [6.45, 7) is 2.50. The molecule has 1 saturated heterocycles. The van der Waals surface area contributed by atoms with Gasteiger partial charge in [-0.3, -0.25) is 14.7 Å². The third-order valence-corrected chi connectivity index (χ3v) is 5.85. The number of Topliss-reactive ketones (excluding diaryl/α,β-unsaturated/α-hetero) is 1. The summed E-state index contributed by atoms with van der Waals surface area (Å²) in [5.41, 5.74) is 1.89. The van der Waals surface area contributed by atoms with Crippen LogP contribution in [0.5, 0.6) is 5.75 Å². The first kappa shape index (κ1) is 18.1. The van der Waals surface area contributed by atoms with E-state index in [4.69, 9.17) is 9.26 Å². The van der Waals surface area contributed by atoms with E-state index in [1.165, 1.54) is 0 Å². The van der Waals surface area contributed by atoms with Crippen molar-refractivity contribution in [2.75, 3.05) is 13.1 Å². The van der Waals surface area contributed by atoms with E-state index in [0.717, 1.165) is 55.2 Å². The monoisotopic (exact) mass is 389 g/mol. The molecule has 0 bridgehead atoms. The molecule has 2 aliphatic rings. The van der Waals surface area contributed by atoms with Crippen LogP contribution in [0.15, 0.2) is 59.3 Å². The van der Waals surface area contributed by atoms with Crippen LogP contribution in [0.4, 0.5) is 0 Å². The fourth-order valence-corrected chi connectivity index (χ4v) is 4.35. The number of carbonyl (C=O) groups excluding carboxylic acids is 1. The maximum absolute atomic E-state index is 12.7. The van der Waals surface area contributed by atoms with Crippen molar-refractivity contribution in [2.45, 2.75) is 37.8 Å². The van der Waals surface area contributed by atoms with Crippen LogP contribution in [-0.4, -0.2) is 39.5 Å². The molecule has 0 radical (unpaired) electrons. The molecule has 0 aliphatic carbocycles. The third kappa shape index (κ3) is 3.68. The van der Waals surface area contributed by atoms with Crippen LogP contribution in [0.25, 0.3) is 11.4 Å². The van der Waals surface area contributed by atoms with Gasteiger partial charge in [-0.25, -0.2) is 0 Å². The highest BCUT2D eigenvalue weighted by atomic mass is 16.5. The van der Waals surface area contributed by atoms with Gasteiger partial charge in [0.15, 0.2) is 11.5 Å². The van der Waals surface area contributed by atoms with E-state index in [1.54, 1.807) is 6.20 Å². The number of rotatable bonds is 3.